The number of pyridine rings is 1. The number of aromatic nitrogens is 2. The molecule has 25 heavy (non-hydrogen) atoms. The summed E-state index contributed by atoms with van der Waals surface area (Å²) >= 11 is 12.0. The molecular formula is C19H18Cl2N2O2. The number of ketones is 1. The van der Waals surface area contributed by atoms with E-state index in [0.717, 1.165) is 16.6 Å². The number of halogens is 2. The number of rotatable bonds is 2. The maximum atomic E-state index is 13.3. The van der Waals surface area contributed by atoms with Crippen LogP contribution in [0.1, 0.15) is 42.4 Å². The van der Waals surface area contributed by atoms with Crippen LogP contribution >= 0.6 is 23.2 Å². The van der Waals surface area contributed by atoms with E-state index in [2.05, 4.69) is 25.8 Å². The van der Waals surface area contributed by atoms with Crippen LogP contribution in [0, 0.1) is 0 Å². The number of phenols is 1. The van der Waals surface area contributed by atoms with Crippen molar-refractivity contribution in [3.8, 4) is 5.75 Å². The summed E-state index contributed by atoms with van der Waals surface area (Å²) in [5, 5.41) is 10.7. The first-order valence-electron chi connectivity index (χ1n) is 7.78. The minimum Gasteiger partial charge on any atom is -0.505 e. The average Bonchev–Trinajstić information content (AvgIpc) is 2.85. The van der Waals surface area contributed by atoms with Crippen molar-refractivity contribution >= 4 is 39.9 Å². The van der Waals surface area contributed by atoms with E-state index in [0.29, 0.717) is 11.1 Å². The summed E-state index contributed by atoms with van der Waals surface area (Å²) in [6.45, 7) is 6.17. The molecule has 0 saturated heterocycles. The van der Waals surface area contributed by atoms with Crippen LogP contribution < -0.4 is 0 Å². The van der Waals surface area contributed by atoms with E-state index in [1.807, 2.05) is 17.7 Å². The second kappa shape index (κ2) is 6.04. The highest BCUT2D eigenvalue weighted by atomic mass is 35.5. The first kappa shape index (κ1) is 17.8. The van der Waals surface area contributed by atoms with Gasteiger partial charge in [-0.1, -0.05) is 44.0 Å². The minimum atomic E-state index is -0.261. The fraction of sp³-hybridized carbons (Fsp3) is 0.263. The molecule has 0 radical (unpaired) electrons. The Bertz CT molecular complexity index is 978. The third kappa shape index (κ3) is 2.90. The molecule has 2 aromatic heterocycles. The largest absolute Gasteiger partial charge is 0.505 e. The third-order valence-corrected chi connectivity index (χ3v) is 4.80. The highest BCUT2D eigenvalue weighted by Crippen LogP contribution is 2.37. The van der Waals surface area contributed by atoms with Crippen molar-refractivity contribution in [2.45, 2.75) is 26.2 Å². The molecule has 6 heteroatoms. The Morgan fingerprint density at radius 1 is 1.20 bits per heavy atom. The molecule has 0 atom stereocenters. The van der Waals surface area contributed by atoms with Crippen LogP contribution in [-0.4, -0.2) is 20.4 Å². The lowest BCUT2D eigenvalue weighted by molar-refractivity contribution is 0.103. The van der Waals surface area contributed by atoms with Gasteiger partial charge >= 0.3 is 0 Å². The topological polar surface area (TPSA) is 55.1 Å². The number of phenolic OH excluding ortho intramolecular Hbond substituents is 1. The third-order valence-electron chi connectivity index (χ3n) is 4.22. The molecule has 0 saturated carbocycles. The fourth-order valence-corrected chi connectivity index (χ4v) is 3.72. The Kier molecular flexibility index (Phi) is 4.30. The van der Waals surface area contributed by atoms with Crippen molar-refractivity contribution in [2.24, 2.45) is 7.05 Å². The van der Waals surface area contributed by atoms with E-state index in [-0.39, 0.29) is 27.0 Å². The van der Waals surface area contributed by atoms with Crippen LogP contribution in [0.25, 0.3) is 10.9 Å². The molecule has 2 heterocycles. The van der Waals surface area contributed by atoms with Crippen molar-refractivity contribution in [1.29, 1.82) is 0 Å². The Labute approximate surface area is 156 Å². The number of benzene rings is 1. The Morgan fingerprint density at radius 2 is 1.80 bits per heavy atom. The zero-order chi connectivity index (χ0) is 18.5. The zero-order valence-electron chi connectivity index (χ0n) is 14.4. The van der Waals surface area contributed by atoms with E-state index in [1.165, 1.54) is 12.1 Å². The van der Waals surface area contributed by atoms with E-state index in [1.54, 1.807) is 12.4 Å². The highest BCUT2D eigenvalue weighted by Gasteiger charge is 2.30. The molecule has 0 unspecified atom stereocenters. The van der Waals surface area contributed by atoms with E-state index in [4.69, 9.17) is 23.2 Å². The van der Waals surface area contributed by atoms with Crippen LogP contribution in [0.2, 0.25) is 10.0 Å². The lowest BCUT2D eigenvalue weighted by Gasteiger charge is -2.22. The number of fused-ring (bicyclic) bond motifs is 1. The standard InChI is InChI=1S/C19H18Cl2N2O2/c1-19(2,3)18-15(11-5-6-22-9-14(11)23(18)4)16(24)10-7-12(20)17(25)13(21)8-10/h5-9,25H,1-4H3. The van der Waals surface area contributed by atoms with Gasteiger partial charge in [0, 0.05) is 35.3 Å². The van der Waals surface area contributed by atoms with Gasteiger partial charge in [-0.25, -0.2) is 0 Å². The summed E-state index contributed by atoms with van der Waals surface area (Å²) in [7, 11) is 1.93. The van der Waals surface area contributed by atoms with Crippen molar-refractivity contribution in [2.75, 3.05) is 0 Å². The lowest BCUT2D eigenvalue weighted by Crippen LogP contribution is -2.20. The second-order valence-corrected chi connectivity index (χ2v) is 7.86. The number of hydrogen-bond donors (Lipinski definition) is 1. The van der Waals surface area contributed by atoms with Gasteiger partial charge in [-0.2, -0.15) is 0 Å². The summed E-state index contributed by atoms with van der Waals surface area (Å²) in [5.74, 6) is -0.413. The molecule has 1 N–H and O–H groups in total. The van der Waals surface area contributed by atoms with E-state index < -0.39 is 0 Å². The summed E-state index contributed by atoms with van der Waals surface area (Å²) < 4.78 is 2.00. The normalized spacial score (nSPS) is 11.9. The minimum absolute atomic E-state index is 0.0510. The molecule has 0 bridgehead atoms. The van der Waals surface area contributed by atoms with E-state index >= 15 is 0 Å². The van der Waals surface area contributed by atoms with Gasteiger partial charge in [-0.15, -0.1) is 0 Å². The predicted octanol–water partition coefficient (Wildman–Crippen LogP) is 5.11. The van der Waals surface area contributed by atoms with Crippen molar-refractivity contribution < 1.29 is 9.90 Å². The monoisotopic (exact) mass is 376 g/mol. The molecule has 130 valence electrons. The van der Waals surface area contributed by atoms with Gasteiger partial charge in [-0.05, 0) is 18.2 Å². The molecule has 0 amide bonds. The van der Waals surface area contributed by atoms with Gasteiger partial charge in [0.1, 0.15) is 0 Å². The number of nitrogens with zero attached hydrogens (tertiary/aromatic N) is 2. The van der Waals surface area contributed by atoms with Crippen LogP contribution in [0.5, 0.6) is 5.75 Å². The molecule has 3 rings (SSSR count). The summed E-state index contributed by atoms with van der Waals surface area (Å²) in [5.41, 5.74) is 2.46. The Morgan fingerprint density at radius 3 is 2.36 bits per heavy atom. The summed E-state index contributed by atoms with van der Waals surface area (Å²) in [6.07, 6.45) is 3.42. The molecule has 0 fully saturated rings. The van der Waals surface area contributed by atoms with Crippen LogP contribution in [0.3, 0.4) is 0 Å². The number of aromatic hydroxyl groups is 1. The fourth-order valence-electron chi connectivity index (χ4n) is 3.23. The quantitative estimate of drug-likeness (QED) is 0.631. The van der Waals surface area contributed by atoms with Gasteiger partial charge in [0.2, 0.25) is 0 Å². The SMILES string of the molecule is Cn1c(C(C)(C)C)c(C(=O)c2cc(Cl)c(O)c(Cl)c2)c2ccncc21. The number of hydrogen-bond acceptors (Lipinski definition) is 3. The molecule has 0 aliphatic heterocycles. The Balaban J connectivity index is 2.33. The maximum Gasteiger partial charge on any atom is 0.195 e. The average molecular weight is 377 g/mol. The molecular weight excluding hydrogens is 359 g/mol. The molecule has 0 aliphatic rings. The van der Waals surface area contributed by atoms with Gasteiger partial charge in [0.15, 0.2) is 11.5 Å². The molecule has 0 aliphatic carbocycles. The van der Waals surface area contributed by atoms with Gasteiger partial charge < -0.3 is 9.67 Å². The Hall–Kier alpha value is -2.04. The maximum absolute atomic E-state index is 13.3. The van der Waals surface area contributed by atoms with Gasteiger partial charge in [0.25, 0.3) is 0 Å². The van der Waals surface area contributed by atoms with Crippen LogP contribution in [0.4, 0.5) is 0 Å². The molecule has 4 nitrogen and oxygen atoms in total. The second-order valence-electron chi connectivity index (χ2n) is 7.04. The number of carbonyl (C=O) groups excluding carboxylic acids is 1. The van der Waals surface area contributed by atoms with E-state index in [9.17, 15) is 9.90 Å². The van der Waals surface area contributed by atoms with Gasteiger partial charge in [-0.3, -0.25) is 9.78 Å². The first-order chi connectivity index (χ1) is 11.6. The smallest absolute Gasteiger partial charge is 0.195 e. The first-order valence-corrected chi connectivity index (χ1v) is 8.54. The zero-order valence-corrected chi connectivity index (χ0v) is 15.9. The summed E-state index contributed by atoms with van der Waals surface area (Å²) in [4.78, 5) is 17.5. The number of aryl methyl sites for hydroxylation is 1. The number of carbonyl (C=O) groups is 1. The molecule has 0 spiro atoms. The van der Waals surface area contributed by atoms with Crippen molar-refractivity contribution in [1.82, 2.24) is 9.55 Å². The van der Waals surface area contributed by atoms with Crippen molar-refractivity contribution in [3.05, 3.63) is 57.5 Å². The van der Waals surface area contributed by atoms with Crippen molar-refractivity contribution in [3.63, 3.8) is 0 Å². The van der Waals surface area contributed by atoms with Crippen LogP contribution in [0.15, 0.2) is 30.6 Å². The molecule has 3 aromatic rings. The lowest BCUT2D eigenvalue weighted by atomic mass is 9.86. The van der Waals surface area contributed by atoms with Crippen LogP contribution in [-0.2, 0) is 12.5 Å². The predicted molar refractivity (Wildman–Crippen MR) is 101 cm³/mol. The summed E-state index contributed by atoms with van der Waals surface area (Å²) in [6, 6.07) is 4.72. The van der Waals surface area contributed by atoms with Gasteiger partial charge in [0.05, 0.1) is 27.3 Å². The molecule has 1 aromatic carbocycles. The highest BCUT2D eigenvalue weighted by molar-refractivity contribution is 6.38.